The van der Waals surface area contributed by atoms with Crippen molar-refractivity contribution in [3.63, 3.8) is 0 Å². The summed E-state index contributed by atoms with van der Waals surface area (Å²) < 4.78 is 5.44. The average Bonchev–Trinajstić information content (AvgIpc) is 3.11. The minimum absolute atomic E-state index is 0. The molecule has 0 saturated heterocycles. The molecule has 1 heterocycles. The van der Waals surface area contributed by atoms with Gasteiger partial charge in [0, 0.05) is 11.6 Å². The number of hydrogen-bond donors (Lipinski definition) is 1. The van der Waals surface area contributed by atoms with Crippen LogP contribution in [0.2, 0.25) is 0 Å². The highest BCUT2D eigenvalue weighted by atomic mass is 35.5. The standard InChI is InChI=1S/C19H21N3O.ClH/c1-3-14-9-11-16(12-10-14)18-21-19(23-22-18)13(2)17(20)15-7-5-4-6-8-15;/h4-13,17H,3,20H2,1-2H3;1H. The van der Waals surface area contributed by atoms with E-state index in [1.807, 2.05) is 49.4 Å². The molecule has 4 nitrogen and oxygen atoms in total. The normalized spacial score (nSPS) is 13.1. The number of rotatable bonds is 5. The lowest BCUT2D eigenvalue weighted by Gasteiger charge is -2.16. The minimum Gasteiger partial charge on any atom is -0.339 e. The van der Waals surface area contributed by atoms with Crippen molar-refractivity contribution < 1.29 is 4.52 Å². The molecular formula is C19H22ClN3O. The van der Waals surface area contributed by atoms with Crippen LogP contribution in [0.3, 0.4) is 0 Å². The van der Waals surface area contributed by atoms with Gasteiger partial charge in [-0.25, -0.2) is 0 Å². The molecule has 1 aromatic heterocycles. The number of benzene rings is 2. The third-order valence-electron chi connectivity index (χ3n) is 4.17. The van der Waals surface area contributed by atoms with E-state index in [0.717, 1.165) is 17.5 Å². The number of hydrogen-bond acceptors (Lipinski definition) is 4. The maximum Gasteiger partial charge on any atom is 0.231 e. The first-order chi connectivity index (χ1) is 11.2. The molecule has 3 rings (SSSR count). The molecule has 0 aliphatic rings. The van der Waals surface area contributed by atoms with Gasteiger partial charge in [-0.1, -0.05) is 73.6 Å². The highest BCUT2D eigenvalue weighted by molar-refractivity contribution is 5.85. The lowest BCUT2D eigenvalue weighted by molar-refractivity contribution is 0.344. The summed E-state index contributed by atoms with van der Waals surface area (Å²) in [7, 11) is 0. The summed E-state index contributed by atoms with van der Waals surface area (Å²) in [5, 5.41) is 4.10. The molecule has 5 heteroatoms. The summed E-state index contributed by atoms with van der Waals surface area (Å²) in [6, 6.07) is 18.0. The van der Waals surface area contributed by atoms with Crippen LogP contribution in [0.1, 0.15) is 42.8 Å². The zero-order valence-corrected chi connectivity index (χ0v) is 14.7. The summed E-state index contributed by atoms with van der Waals surface area (Å²) >= 11 is 0. The Hall–Kier alpha value is -2.17. The molecule has 3 aromatic rings. The van der Waals surface area contributed by atoms with Gasteiger partial charge in [0.15, 0.2) is 0 Å². The van der Waals surface area contributed by atoms with E-state index in [1.165, 1.54) is 5.56 Å². The fourth-order valence-electron chi connectivity index (χ4n) is 2.54. The van der Waals surface area contributed by atoms with Crippen LogP contribution < -0.4 is 5.73 Å². The molecule has 0 aliphatic heterocycles. The maximum atomic E-state index is 6.33. The fourth-order valence-corrected chi connectivity index (χ4v) is 2.54. The van der Waals surface area contributed by atoms with E-state index in [0.29, 0.717) is 11.7 Å². The lowest BCUT2D eigenvalue weighted by atomic mass is 9.95. The van der Waals surface area contributed by atoms with Crippen molar-refractivity contribution in [3.05, 3.63) is 71.6 Å². The number of halogens is 1. The van der Waals surface area contributed by atoms with Gasteiger partial charge >= 0.3 is 0 Å². The molecule has 0 radical (unpaired) electrons. The van der Waals surface area contributed by atoms with Gasteiger partial charge in [-0.2, -0.15) is 4.98 Å². The van der Waals surface area contributed by atoms with E-state index in [2.05, 4.69) is 29.2 Å². The monoisotopic (exact) mass is 343 g/mol. The van der Waals surface area contributed by atoms with Crippen LogP contribution in [0, 0.1) is 0 Å². The number of nitrogens with two attached hydrogens (primary N) is 1. The molecular weight excluding hydrogens is 322 g/mol. The molecule has 2 unspecified atom stereocenters. The molecule has 2 N–H and O–H groups in total. The van der Waals surface area contributed by atoms with Crippen molar-refractivity contribution in [3.8, 4) is 11.4 Å². The summed E-state index contributed by atoms with van der Waals surface area (Å²) in [5.41, 5.74) is 9.64. The second-order valence-corrected chi connectivity index (χ2v) is 5.73. The van der Waals surface area contributed by atoms with Crippen LogP contribution in [0.25, 0.3) is 11.4 Å². The third-order valence-corrected chi connectivity index (χ3v) is 4.17. The largest absolute Gasteiger partial charge is 0.339 e. The first kappa shape index (κ1) is 18.2. The second kappa shape index (κ2) is 8.08. The van der Waals surface area contributed by atoms with Gasteiger partial charge in [0.05, 0.1) is 5.92 Å². The van der Waals surface area contributed by atoms with E-state index in [1.54, 1.807) is 0 Å². The Labute approximate surface area is 148 Å². The molecule has 2 aromatic carbocycles. The van der Waals surface area contributed by atoms with E-state index < -0.39 is 0 Å². The Balaban J connectivity index is 0.00000208. The quantitative estimate of drug-likeness (QED) is 0.739. The highest BCUT2D eigenvalue weighted by Crippen LogP contribution is 2.28. The van der Waals surface area contributed by atoms with Gasteiger partial charge in [0.25, 0.3) is 0 Å². The molecule has 2 atom stereocenters. The van der Waals surface area contributed by atoms with Crippen LogP contribution in [0.4, 0.5) is 0 Å². The predicted molar refractivity (Wildman–Crippen MR) is 98.1 cm³/mol. The first-order valence-electron chi connectivity index (χ1n) is 7.92. The second-order valence-electron chi connectivity index (χ2n) is 5.73. The van der Waals surface area contributed by atoms with E-state index >= 15 is 0 Å². The van der Waals surface area contributed by atoms with Crippen molar-refractivity contribution in [2.75, 3.05) is 0 Å². The maximum absolute atomic E-state index is 6.33. The molecule has 0 fully saturated rings. The first-order valence-corrected chi connectivity index (χ1v) is 7.92. The zero-order valence-electron chi connectivity index (χ0n) is 13.8. The van der Waals surface area contributed by atoms with Crippen molar-refractivity contribution in [1.29, 1.82) is 0 Å². The Morgan fingerprint density at radius 2 is 1.71 bits per heavy atom. The smallest absolute Gasteiger partial charge is 0.231 e. The van der Waals surface area contributed by atoms with Crippen LogP contribution in [-0.2, 0) is 6.42 Å². The average molecular weight is 344 g/mol. The lowest BCUT2D eigenvalue weighted by Crippen LogP contribution is -2.17. The van der Waals surface area contributed by atoms with E-state index in [9.17, 15) is 0 Å². The van der Waals surface area contributed by atoms with Crippen molar-refractivity contribution >= 4 is 12.4 Å². The number of nitrogens with zero attached hydrogens (tertiary/aromatic N) is 2. The van der Waals surface area contributed by atoms with Gasteiger partial charge < -0.3 is 10.3 Å². The SMILES string of the molecule is CCc1ccc(-c2noc(C(C)C(N)c3ccccc3)n2)cc1.Cl. The van der Waals surface area contributed by atoms with Crippen LogP contribution >= 0.6 is 12.4 Å². The van der Waals surface area contributed by atoms with E-state index in [-0.39, 0.29) is 24.4 Å². The van der Waals surface area contributed by atoms with Gasteiger partial charge in [0.1, 0.15) is 0 Å². The molecule has 24 heavy (non-hydrogen) atoms. The summed E-state index contributed by atoms with van der Waals surface area (Å²) in [6.45, 7) is 4.14. The van der Waals surface area contributed by atoms with Crippen molar-refractivity contribution in [1.82, 2.24) is 10.1 Å². The summed E-state index contributed by atoms with van der Waals surface area (Å²) in [5.74, 6) is 1.12. The fraction of sp³-hybridized carbons (Fsp3) is 0.263. The Kier molecular flexibility index (Phi) is 6.12. The topological polar surface area (TPSA) is 64.9 Å². The number of aromatic nitrogens is 2. The molecule has 126 valence electrons. The van der Waals surface area contributed by atoms with Crippen LogP contribution in [0.5, 0.6) is 0 Å². The molecule has 0 spiro atoms. The van der Waals surface area contributed by atoms with Crippen molar-refractivity contribution in [2.24, 2.45) is 5.73 Å². The predicted octanol–water partition coefficient (Wildman–Crippen LogP) is 4.52. The third kappa shape index (κ3) is 3.83. The summed E-state index contributed by atoms with van der Waals surface area (Å²) in [4.78, 5) is 4.52. The zero-order chi connectivity index (χ0) is 16.2. The Morgan fingerprint density at radius 3 is 2.33 bits per heavy atom. The molecule has 0 amide bonds. The Morgan fingerprint density at radius 1 is 1.04 bits per heavy atom. The molecule has 0 aliphatic carbocycles. The highest BCUT2D eigenvalue weighted by Gasteiger charge is 2.22. The van der Waals surface area contributed by atoms with Crippen LogP contribution in [-0.4, -0.2) is 10.1 Å². The van der Waals surface area contributed by atoms with Crippen LogP contribution in [0.15, 0.2) is 59.1 Å². The Bertz CT molecular complexity index is 756. The van der Waals surface area contributed by atoms with Gasteiger partial charge in [0.2, 0.25) is 11.7 Å². The van der Waals surface area contributed by atoms with Crippen molar-refractivity contribution in [2.45, 2.75) is 32.2 Å². The minimum atomic E-state index is -0.174. The number of aryl methyl sites for hydroxylation is 1. The van der Waals surface area contributed by atoms with Gasteiger partial charge in [-0.3, -0.25) is 0 Å². The van der Waals surface area contributed by atoms with Gasteiger partial charge in [-0.15, -0.1) is 12.4 Å². The summed E-state index contributed by atoms with van der Waals surface area (Å²) in [6.07, 6.45) is 1.01. The van der Waals surface area contributed by atoms with Gasteiger partial charge in [-0.05, 0) is 17.5 Å². The molecule has 0 bridgehead atoms. The molecule has 0 saturated carbocycles. The van der Waals surface area contributed by atoms with E-state index in [4.69, 9.17) is 10.3 Å².